The first kappa shape index (κ1) is 27.6. The monoisotopic (exact) mass is 530 g/mol. The zero-order valence-electron chi connectivity index (χ0n) is 22.4. The molecular weight excluding hydrogens is 496 g/mol. The van der Waals surface area contributed by atoms with E-state index >= 15 is 0 Å². The third-order valence-electron chi connectivity index (χ3n) is 7.85. The van der Waals surface area contributed by atoms with Crippen molar-refractivity contribution in [2.24, 2.45) is 11.8 Å². The van der Waals surface area contributed by atoms with Crippen molar-refractivity contribution in [1.82, 2.24) is 0 Å². The fraction of sp³-hybridized carbons (Fsp3) is 0.571. The van der Waals surface area contributed by atoms with Crippen LogP contribution < -0.4 is 9.62 Å². The molecule has 0 amide bonds. The summed E-state index contributed by atoms with van der Waals surface area (Å²) in [4.78, 5) is 62.7. The molecule has 0 saturated carbocycles. The molecule has 0 bridgehead atoms. The summed E-state index contributed by atoms with van der Waals surface area (Å²) in [7, 11) is 2.36. The number of Topliss-reactive ketones (excluding diaryl/α,β-unsaturated/α-hetero) is 1. The molecule has 1 aromatic carbocycles. The van der Waals surface area contributed by atoms with Crippen LogP contribution in [0.3, 0.4) is 0 Å². The number of rotatable bonds is 8. The molecule has 2 heterocycles. The highest BCUT2D eigenvalue weighted by Crippen LogP contribution is 2.57. The van der Waals surface area contributed by atoms with Gasteiger partial charge in [-0.2, -0.15) is 4.89 Å². The van der Waals surface area contributed by atoms with Crippen molar-refractivity contribution in [3.05, 3.63) is 34.4 Å². The molecule has 1 aromatic rings. The van der Waals surface area contributed by atoms with Crippen molar-refractivity contribution in [3.8, 4) is 11.5 Å². The Morgan fingerprint density at radius 3 is 2.58 bits per heavy atom. The number of hydrogen-bond acceptors (Lipinski definition) is 10. The summed E-state index contributed by atoms with van der Waals surface area (Å²) in [6.07, 6.45) is 3.55. The first-order valence-corrected chi connectivity index (χ1v) is 12.9. The Bertz CT molecular complexity index is 1170. The lowest BCUT2D eigenvalue weighted by molar-refractivity contribution is -0.194. The van der Waals surface area contributed by atoms with Gasteiger partial charge in [0.15, 0.2) is 5.75 Å². The molecule has 4 rings (SSSR count). The zero-order chi connectivity index (χ0) is 27.6. The Kier molecular flexibility index (Phi) is 8.10. The minimum absolute atomic E-state index is 0.0594. The van der Waals surface area contributed by atoms with Crippen molar-refractivity contribution < 1.29 is 47.9 Å². The molecule has 10 nitrogen and oxygen atoms in total. The number of carbonyl (C=O) groups excluding carboxylic acids is 4. The molecule has 0 fully saturated rings. The van der Waals surface area contributed by atoms with Crippen LogP contribution in [0.4, 0.5) is 0 Å². The van der Waals surface area contributed by atoms with E-state index in [2.05, 4.69) is 6.92 Å². The van der Waals surface area contributed by atoms with Crippen LogP contribution in [0.5, 0.6) is 11.5 Å². The average molecular weight is 531 g/mol. The molecule has 10 heteroatoms. The normalized spacial score (nSPS) is 26.2. The van der Waals surface area contributed by atoms with Crippen LogP contribution in [0.2, 0.25) is 0 Å². The molecule has 2 aliphatic heterocycles. The van der Waals surface area contributed by atoms with Gasteiger partial charge in [0.05, 0.1) is 19.8 Å². The summed E-state index contributed by atoms with van der Waals surface area (Å²) >= 11 is 0. The number of fused-ring (bicyclic) bond motifs is 2. The Morgan fingerprint density at radius 2 is 1.89 bits per heavy atom. The molecule has 38 heavy (non-hydrogen) atoms. The molecule has 1 aliphatic carbocycles. The second-order valence-corrected chi connectivity index (χ2v) is 10.1. The number of hydrogen-bond donors (Lipinski definition) is 0. The highest BCUT2D eigenvalue weighted by Gasteiger charge is 2.58. The molecule has 0 N–H and O–H groups in total. The van der Waals surface area contributed by atoms with Gasteiger partial charge in [0.2, 0.25) is 0 Å². The van der Waals surface area contributed by atoms with Gasteiger partial charge in [0.1, 0.15) is 30.5 Å². The smallest absolute Gasteiger partial charge is 0.375 e. The lowest BCUT2D eigenvalue weighted by Crippen LogP contribution is -2.47. The predicted octanol–water partition coefficient (Wildman–Crippen LogP) is 3.82. The molecule has 206 valence electrons. The van der Waals surface area contributed by atoms with Gasteiger partial charge in [-0.3, -0.25) is 9.59 Å². The molecule has 0 aromatic heterocycles. The van der Waals surface area contributed by atoms with E-state index in [0.717, 1.165) is 20.0 Å². The average Bonchev–Trinajstić information content (AvgIpc) is 3.54. The third-order valence-corrected chi connectivity index (χ3v) is 7.85. The minimum atomic E-state index is -1.69. The number of ketones is 1. The van der Waals surface area contributed by atoms with Crippen molar-refractivity contribution >= 4 is 23.7 Å². The maximum atomic E-state index is 13.9. The number of methoxy groups -OCH3 is 2. The van der Waals surface area contributed by atoms with Gasteiger partial charge in [-0.15, -0.1) is 0 Å². The van der Waals surface area contributed by atoms with Crippen molar-refractivity contribution in [2.45, 2.75) is 71.0 Å². The summed E-state index contributed by atoms with van der Waals surface area (Å²) in [5.41, 5.74) is 0.0745. The number of ether oxygens (including phenoxy) is 4. The summed E-state index contributed by atoms with van der Waals surface area (Å²) < 4.78 is 22.0. The van der Waals surface area contributed by atoms with Gasteiger partial charge in [-0.05, 0) is 30.4 Å². The summed E-state index contributed by atoms with van der Waals surface area (Å²) in [5.74, 6) is -2.70. The van der Waals surface area contributed by atoms with Crippen LogP contribution in [0, 0.1) is 11.8 Å². The van der Waals surface area contributed by atoms with Gasteiger partial charge in [-0.25, -0.2) is 9.59 Å². The second-order valence-electron chi connectivity index (χ2n) is 10.1. The number of carbonyl (C=O) groups is 4. The molecule has 4 atom stereocenters. The quantitative estimate of drug-likeness (QED) is 0.122. The lowest BCUT2D eigenvalue weighted by Gasteiger charge is -2.39. The van der Waals surface area contributed by atoms with E-state index in [1.807, 2.05) is 13.8 Å². The van der Waals surface area contributed by atoms with Gasteiger partial charge in [-0.1, -0.05) is 33.6 Å². The van der Waals surface area contributed by atoms with Crippen LogP contribution in [-0.2, 0) is 50.3 Å². The fourth-order valence-electron chi connectivity index (χ4n) is 5.54. The summed E-state index contributed by atoms with van der Waals surface area (Å²) in [5, 5.41) is 0. The van der Waals surface area contributed by atoms with Crippen molar-refractivity contribution in [2.75, 3.05) is 20.8 Å². The highest BCUT2D eigenvalue weighted by atomic mass is 17.2. The molecule has 0 saturated heterocycles. The van der Waals surface area contributed by atoms with E-state index in [0.29, 0.717) is 40.2 Å². The number of unbranched alkanes of at least 4 members (excludes halogenated alkanes) is 2. The van der Waals surface area contributed by atoms with Crippen LogP contribution in [-0.4, -0.2) is 44.5 Å². The van der Waals surface area contributed by atoms with Gasteiger partial charge in [0, 0.05) is 29.5 Å². The molecular formula is C28H34O10. The molecule has 0 spiro atoms. The van der Waals surface area contributed by atoms with E-state index in [1.165, 1.54) is 13.2 Å². The number of esters is 3. The van der Waals surface area contributed by atoms with E-state index in [4.69, 9.17) is 28.7 Å². The predicted molar refractivity (Wildman–Crippen MR) is 132 cm³/mol. The van der Waals surface area contributed by atoms with Gasteiger partial charge in [0.25, 0.3) is 5.78 Å². The fourth-order valence-corrected chi connectivity index (χ4v) is 5.54. The third kappa shape index (κ3) is 4.66. The Hall–Kier alpha value is -3.40. The number of benzene rings is 1. The van der Waals surface area contributed by atoms with E-state index < -0.39 is 29.2 Å². The Labute approximate surface area is 221 Å². The molecule has 4 unspecified atom stereocenters. The lowest BCUT2D eigenvalue weighted by atomic mass is 9.63. The van der Waals surface area contributed by atoms with E-state index in [-0.39, 0.29) is 43.9 Å². The Balaban J connectivity index is 1.98. The topological polar surface area (TPSA) is 124 Å². The molecule has 3 aliphatic rings. The SMILES string of the molecule is CCCCCC(=O)OC1c2cc3c(c4c2C(C(=O)C(=O)OC)(CO4)C(=CC(=O)OC)CC(C)C1C)COO3. The van der Waals surface area contributed by atoms with Crippen LogP contribution >= 0.6 is 0 Å². The minimum Gasteiger partial charge on any atom is -0.491 e. The van der Waals surface area contributed by atoms with Crippen LogP contribution in [0.25, 0.3) is 0 Å². The van der Waals surface area contributed by atoms with Crippen molar-refractivity contribution in [1.29, 1.82) is 0 Å². The first-order valence-electron chi connectivity index (χ1n) is 12.9. The first-order chi connectivity index (χ1) is 18.2. The maximum Gasteiger partial charge on any atom is 0.375 e. The molecule has 0 radical (unpaired) electrons. The summed E-state index contributed by atoms with van der Waals surface area (Å²) in [6.45, 7) is 5.76. The van der Waals surface area contributed by atoms with E-state index in [1.54, 1.807) is 6.07 Å². The van der Waals surface area contributed by atoms with Crippen LogP contribution in [0.15, 0.2) is 17.7 Å². The van der Waals surface area contributed by atoms with Crippen molar-refractivity contribution in [3.63, 3.8) is 0 Å². The van der Waals surface area contributed by atoms with Gasteiger partial charge < -0.3 is 23.8 Å². The highest BCUT2D eigenvalue weighted by molar-refractivity contribution is 6.38. The van der Waals surface area contributed by atoms with E-state index in [9.17, 15) is 19.2 Å². The maximum absolute atomic E-state index is 13.9. The van der Waals surface area contributed by atoms with Gasteiger partial charge >= 0.3 is 17.9 Å². The largest absolute Gasteiger partial charge is 0.491 e. The second kappa shape index (κ2) is 11.1. The zero-order valence-corrected chi connectivity index (χ0v) is 22.4. The summed E-state index contributed by atoms with van der Waals surface area (Å²) in [6, 6.07) is 1.68. The Morgan fingerprint density at radius 1 is 1.13 bits per heavy atom. The van der Waals surface area contributed by atoms with Crippen LogP contribution in [0.1, 0.15) is 75.7 Å². The standard InChI is InChI=1S/C28H34O10/c1-6-7-8-9-21(29)37-24-16(3)15(2)10-17(11-22(30)33-4)28(26(31)27(32)34-5)14-35-25-19-13-36-38-20(19)12-18(24)23(25)28/h11-12,15-16,24H,6-10,13-14H2,1-5H3.